The quantitative estimate of drug-likeness (QED) is 0.397. The second-order valence-corrected chi connectivity index (χ2v) is 11.7. The molecule has 2 amide bonds. The second kappa shape index (κ2) is 13.6. The number of nitrogens with one attached hydrogen (secondary N) is 1. The fourth-order valence-corrected chi connectivity index (χ4v) is 5.20. The van der Waals surface area contributed by atoms with Gasteiger partial charge < -0.3 is 10.2 Å². The van der Waals surface area contributed by atoms with Gasteiger partial charge in [-0.1, -0.05) is 56.7 Å². The van der Waals surface area contributed by atoms with Gasteiger partial charge in [-0.15, -0.1) is 0 Å². The van der Waals surface area contributed by atoms with Crippen molar-refractivity contribution >= 4 is 27.7 Å². The van der Waals surface area contributed by atoms with Crippen molar-refractivity contribution in [3.63, 3.8) is 0 Å². The van der Waals surface area contributed by atoms with Crippen molar-refractivity contribution in [1.29, 1.82) is 0 Å². The molecule has 0 spiro atoms. The fraction of sp³-hybridized carbons (Fsp3) is 0.500. The number of nitrogens with zero attached hydrogens (tertiary/aromatic N) is 3. The van der Waals surface area contributed by atoms with Gasteiger partial charge in [-0.2, -0.15) is 12.7 Å². The lowest BCUT2D eigenvalue weighted by Crippen LogP contribution is -2.53. The number of anilines is 1. The Morgan fingerprint density at radius 2 is 1.65 bits per heavy atom. The highest BCUT2D eigenvalue weighted by Crippen LogP contribution is 2.26. The topological polar surface area (TPSA) is 90.0 Å². The summed E-state index contributed by atoms with van der Waals surface area (Å²) in [6.45, 7) is 9.87. The number of amides is 2. The molecule has 9 heteroatoms. The third kappa shape index (κ3) is 7.79. The Bertz CT molecular complexity index is 1180. The van der Waals surface area contributed by atoms with Gasteiger partial charge in [0.2, 0.25) is 11.8 Å². The van der Waals surface area contributed by atoms with Gasteiger partial charge in [-0.25, -0.2) is 4.31 Å². The summed E-state index contributed by atoms with van der Waals surface area (Å²) in [7, 11) is -1.11. The maximum atomic E-state index is 14.0. The van der Waals surface area contributed by atoms with Gasteiger partial charge in [-0.3, -0.25) is 9.59 Å². The molecule has 0 saturated heterocycles. The molecule has 0 unspecified atom stereocenters. The lowest BCUT2D eigenvalue weighted by atomic mass is 10.1. The molecule has 2 aromatic rings. The molecule has 0 aliphatic rings. The Hall–Kier alpha value is -2.91. The van der Waals surface area contributed by atoms with Gasteiger partial charge in [-0.05, 0) is 61.9 Å². The zero-order chi connectivity index (χ0) is 27.8. The normalized spacial score (nSPS) is 12.3. The summed E-state index contributed by atoms with van der Waals surface area (Å²) < 4.78 is 29.1. The molecule has 0 radical (unpaired) electrons. The summed E-state index contributed by atoms with van der Waals surface area (Å²) >= 11 is 0. The van der Waals surface area contributed by atoms with Crippen LogP contribution in [0.4, 0.5) is 5.69 Å². The summed E-state index contributed by atoms with van der Waals surface area (Å²) in [6, 6.07) is 12.5. The van der Waals surface area contributed by atoms with E-state index in [0.717, 1.165) is 43.7 Å². The van der Waals surface area contributed by atoms with Gasteiger partial charge in [0.1, 0.15) is 12.6 Å². The summed E-state index contributed by atoms with van der Waals surface area (Å²) in [5.41, 5.74) is 3.96. The molecule has 1 atom stereocenters. The number of benzene rings is 2. The lowest BCUT2D eigenvalue weighted by Gasteiger charge is -2.34. The van der Waals surface area contributed by atoms with Gasteiger partial charge in [0.05, 0.1) is 5.69 Å². The van der Waals surface area contributed by atoms with Gasteiger partial charge in [0.15, 0.2) is 0 Å². The third-order valence-corrected chi connectivity index (χ3v) is 8.28. The average molecular weight is 531 g/mol. The number of aryl methyl sites for hydroxylation is 3. The molecular weight excluding hydrogens is 488 g/mol. The molecule has 0 fully saturated rings. The SMILES string of the molecule is CCCCNC(=O)[C@@H](CC)N(Cc1ccccc1C)C(=O)CN(c1cc(C)ccc1C)S(=O)(=O)N(C)C. The first-order valence-electron chi connectivity index (χ1n) is 12.8. The monoisotopic (exact) mass is 530 g/mol. The van der Waals surface area contributed by atoms with Crippen LogP contribution in [0.1, 0.15) is 55.4 Å². The van der Waals surface area contributed by atoms with E-state index in [1.165, 1.54) is 19.0 Å². The van der Waals surface area contributed by atoms with E-state index in [1.807, 2.05) is 71.0 Å². The molecule has 0 bridgehead atoms. The number of hydrogen-bond donors (Lipinski definition) is 1. The van der Waals surface area contributed by atoms with E-state index in [9.17, 15) is 18.0 Å². The van der Waals surface area contributed by atoms with Crippen molar-refractivity contribution in [2.75, 3.05) is 31.5 Å². The van der Waals surface area contributed by atoms with E-state index < -0.39 is 28.7 Å². The molecule has 0 aliphatic heterocycles. The smallest absolute Gasteiger partial charge is 0.304 e. The first-order chi connectivity index (χ1) is 17.4. The molecular formula is C28H42N4O4S. The number of rotatable bonds is 13. The van der Waals surface area contributed by atoms with Crippen LogP contribution in [0.2, 0.25) is 0 Å². The molecule has 37 heavy (non-hydrogen) atoms. The van der Waals surface area contributed by atoms with Gasteiger partial charge in [0, 0.05) is 27.2 Å². The standard InChI is InChI=1S/C28H42N4O4S/c1-8-10-17-29-28(34)25(9-2)31(19-24-14-12-11-13-22(24)4)27(33)20-32(37(35,36)30(6)7)26-18-21(3)15-16-23(26)5/h11-16,18,25H,8-10,17,19-20H2,1-7H3,(H,29,34)/t25-/m1/s1. The van der Waals surface area contributed by atoms with E-state index >= 15 is 0 Å². The molecule has 0 heterocycles. The predicted molar refractivity (Wildman–Crippen MR) is 150 cm³/mol. The Morgan fingerprint density at radius 1 is 0.973 bits per heavy atom. The second-order valence-electron chi connectivity index (χ2n) is 9.60. The average Bonchev–Trinajstić information content (AvgIpc) is 2.85. The van der Waals surface area contributed by atoms with Crippen LogP contribution in [0.5, 0.6) is 0 Å². The molecule has 2 aromatic carbocycles. The highest BCUT2D eigenvalue weighted by Gasteiger charge is 2.34. The van der Waals surface area contributed by atoms with Crippen LogP contribution in [-0.4, -0.2) is 62.7 Å². The lowest BCUT2D eigenvalue weighted by molar-refractivity contribution is -0.140. The highest BCUT2D eigenvalue weighted by atomic mass is 32.2. The largest absolute Gasteiger partial charge is 0.354 e. The molecule has 1 N–H and O–H groups in total. The number of carbonyl (C=O) groups is 2. The highest BCUT2D eigenvalue weighted by molar-refractivity contribution is 7.90. The van der Waals surface area contributed by atoms with Crippen molar-refractivity contribution in [3.8, 4) is 0 Å². The summed E-state index contributed by atoms with van der Waals surface area (Å²) in [5.74, 6) is -0.668. The van der Waals surface area contributed by atoms with Crippen molar-refractivity contribution in [2.45, 2.75) is 66.5 Å². The third-order valence-electron chi connectivity index (χ3n) is 6.47. The van der Waals surface area contributed by atoms with Crippen LogP contribution < -0.4 is 9.62 Å². The molecule has 8 nitrogen and oxygen atoms in total. The van der Waals surface area contributed by atoms with Crippen molar-refractivity contribution < 1.29 is 18.0 Å². The van der Waals surface area contributed by atoms with Crippen LogP contribution in [-0.2, 0) is 26.3 Å². The zero-order valence-corrected chi connectivity index (χ0v) is 24.1. The van der Waals surface area contributed by atoms with Gasteiger partial charge >= 0.3 is 10.2 Å². The van der Waals surface area contributed by atoms with Crippen molar-refractivity contribution in [2.24, 2.45) is 0 Å². The minimum Gasteiger partial charge on any atom is -0.354 e. The van der Waals surface area contributed by atoms with Gasteiger partial charge in [0.25, 0.3) is 0 Å². The van der Waals surface area contributed by atoms with Crippen LogP contribution in [0.25, 0.3) is 0 Å². The Labute approximate surface area is 222 Å². The van der Waals surface area contributed by atoms with E-state index in [1.54, 1.807) is 6.07 Å². The van der Waals surface area contributed by atoms with Crippen LogP contribution in [0.15, 0.2) is 42.5 Å². The fourth-order valence-electron chi connectivity index (χ4n) is 4.09. The molecule has 0 aromatic heterocycles. The molecule has 2 rings (SSSR count). The molecule has 0 aliphatic carbocycles. The minimum absolute atomic E-state index is 0.202. The van der Waals surface area contributed by atoms with E-state index in [0.29, 0.717) is 18.7 Å². The van der Waals surface area contributed by atoms with Crippen LogP contribution in [0.3, 0.4) is 0 Å². The minimum atomic E-state index is -3.99. The first-order valence-corrected chi connectivity index (χ1v) is 14.2. The number of hydrogen-bond acceptors (Lipinski definition) is 4. The summed E-state index contributed by atoms with van der Waals surface area (Å²) in [5, 5.41) is 2.95. The predicted octanol–water partition coefficient (Wildman–Crippen LogP) is 3.95. The maximum absolute atomic E-state index is 14.0. The maximum Gasteiger partial charge on any atom is 0.304 e. The summed E-state index contributed by atoms with van der Waals surface area (Å²) in [4.78, 5) is 28.7. The van der Waals surface area contributed by atoms with E-state index in [2.05, 4.69) is 5.32 Å². The van der Waals surface area contributed by atoms with Crippen molar-refractivity contribution in [1.82, 2.24) is 14.5 Å². The molecule has 204 valence electrons. The number of unbranched alkanes of at least 4 members (excludes halogenated alkanes) is 1. The Kier molecular flexibility index (Phi) is 11.1. The summed E-state index contributed by atoms with van der Waals surface area (Å²) in [6.07, 6.45) is 2.19. The number of carbonyl (C=O) groups excluding carboxylic acids is 2. The Morgan fingerprint density at radius 3 is 2.24 bits per heavy atom. The van der Waals surface area contributed by atoms with Crippen LogP contribution in [0, 0.1) is 20.8 Å². The zero-order valence-electron chi connectivity index (χ0n) is 23.2. The van der Waals surface area contributed by atoms with Crippen molar-refractivity contribution in [3.05, 3.63) is 64.7 Å². The van der Waals surface area contributed by atoms with Crippen LogP contribution >= 0.6 is 0 Å². The molecule has 0 saturated carbocycles. The van der Waals surface area contributed by atoms with E-state index in [4.69, 9.17) is 0 Å². The first kappa shape index (κ1) is 30.3. The van der Waals surface area contributed by atoms with E-state index in [-0.39, 0.29) is 12.5 Å². The Balaban J connectivity index is 2.53.